The van der Waals surface area contributed by atoms with Crippen molar-refractivity contribution in [3.05, 3.63) is 23.2 Å². The highest BCUT2D eigenvalue weighted by molar-refractivity contribution is 5.89. The molecule has 4 heteroatoms. The minimum atomic E-state index is -3.01. The number of hydrogen-bond acceptors (Lipinski definition) is 4. The molecule has 4 atom stereocenters. The molecule has 4 aliphatic rings. The van der Waals surface area contributed by atoms with Crippen molar-refractivity contribution in [2.75, 3.05) is 20.6 Å². The average Bonchev–Trinajstić information content (AvgIpc) is 2.95. The lowest BCUT2D eigenvalue weighted by Gasteiger charge is -2.57. The zero-order chi connectivity index (χ0) is 23.8. The fourth-order valence-corrected chi connectivity index (χ4v) is 4.41. The van der Waals surface area contributed by atoms with Gasteiger partial charge in [-0.2, -0.15) is 0 Å². The summed E-state index contributed by atoms with van der Waals surface area (Å²) in [5, 5.41) is 0. The van der Waals surface area contributed by atoms with Crippen molar-refractivity contribution in [1.82, 2.24) is 4.90 Å². The molecule has 4 nitrogen and oxygen atoms in total. The SMILES string of the molecule is [2H]c1c([2H])c2c3c(c1OC([2H])([2H])[2H])OC1C(=O)C([2H])([2H])C[C@@]4([2H])[C@H](N(C)CC[C@]314)C2([2H])[2H]. The predicted octanol–water partition coefficient (Wildman–Crippen LogP) is 1.93. The molecule has 2 fully saturated rings. The van der Waals surface area contributed by atoms with Crippen molar-refractivity contribution in [3.8, 4) is 11.5 Å². The van der Waals surface area contributed by atoms with E-state index in [9.17, 15) is 6.17 Å². The number of ketones is 1. The van der Waals surface area contributed by atoms with Crippen molar-refractivity contribution >= 4 is 5.78 Å². The van der Waals surface area contributed by atoms with Crippen molar-refractivity contribution in [2.24, 2.45) is 5.89 Å². The molecule has 0 radical (unpaired) electrons. The van der Waals surface area contributed by atoms with Gasteiger partial charge in [-0.15, -0.1) is 0 Å². The van der Waals surface area contributed by atoms with E-state index in [2.05, 4.69) is 0 Å². The van der Waals surface area contributed by atoms with E-state index in [1.54, 1.807) is 11.9 Å². The highest BCUT2D eigenvalue weighted by Crippen LogP contribution is 2.62. The fraction of sp³-hybridized carbons (Fsp3) is 0.611. The molecule has 2 bridgehead atoms. The molecule has 0 N–H and O–H groups in total. The number of benzene rings is 1. The van der Waals surface area contributed by atoms with Gasteiger partial charge in [0.15, 0.2) is 23.4 Å². The van der Waals surface area contributed by atoms with Crippen LogP contribution in [0.25, 0.3) is 0 Å². The van der Waals surface area contributed by atoms with Crippen LogP contribution >= 0.6 is 0 Å². The molecular formula is C18H21NO3. The van der Waals surface area contributed by atoms with Crippen LogP contribution in [0.3, 0.4) is 0 Å². The number of rotatable bonds is 1. The van der Waals surface area contributed by atoms with E-state index in [-0.39, 0.29) is 29.8 Å². The zero-order valence-corrected chi connectivity index (χ0v) is 11.9. The van der Waals surface area contributed by atoms with Crippen molar-refractivity contribution in [2.45, 2.75) is 43.1 Å². The van der Waals surface area contributed by atoms with Gasteiger partial charge in [0.2, 0.25) is 0 Å². The molecule has 5 rings (SSSR count). The lowest BCUT2D eigenvalue weighted by atomic mass is 9.52. The van der Waals surface area contributed by atoms with Gasteiger partial charge in [-0.25, -0.2) is 0 Å². The summed E-state index contributed by atoms with van der Waals surface area (Å²) in [4.78, 5) is 14.8. The van der Waals surface area contributed by atoms with E-state index in [0.717, 1.165) is 0 Å². The third-order valence-corrected chi connectivity index (χ3v) is 5.39. The Hall–Kier alpha value is -1.55. The predicted molar refractivity (Wildman–Crippen MR) is 81.6 cm³/mol. The Bertz CT molecular complexity index is 1070. The molecule has 1 spiro atoms. The van der Waals surface area contributed by atoms with Crippen molar-refractivity contribution in [1.29, 1.82) is 0 Å². The normalized spacial score (nSPS) is 53.6. The first kappa shape index (κ1) is 6.52. The number of nitrogens with zero attached hydrogens (tertiary/aromatic N) is 1. The summed E-state index contributed by atoms with van der Waals surface area (Å²) in [7, 11) is -1.40. The molecule has 1 saturated heterocycles. The maximum Gasteiger partial charge on any atom is 0.174 e. The molecule has 1 saturated carbocycles. The van der Waals surface area contributed by atoms with Gasteiger partial charge in [-0.05, 0) is 50.3 Å². The topological polar surface area (TPSA) is 38.8 Å². The molecule has 116 valence electrons. The molecule has 0 amide bonds. The minimum absolute atomic E-state index is 0.0101. The van der Waals surface area contributed by atoms with Crippen LogP contribution in [0, 0.1) is 5.89 Å². The van der Waals surface area contributed by atoms with Crippen molar-refractivity contribution < 1.29 is 28.0 Å². The summed E-state index contributed by atoms with van der Waals surface area (Å²) in [5.41, 5.74) is -1.69. The first-order valence-electron chi connectivity index (χ1n) is 12.3. The van der Waals surface area contributed by atoms with E-state index in [0.29, 0.717) is 0 Å². The zero-order valence-electron chi connectivity index (χ0n) is 21.9. The second kappa shape index (κ2) is 4.05. The van der Waals surface area contributed by atoms with E-state index in [1.807, 2.05) is 0 Å². The van der Waals surface area contributed by atoms with Crippen molar-refractivity contribution in [3.63, 3.8) is 0 Å². The van der Waals surface area contributed by atoms with Crippen LogP contribution in [0.2, 0.25) is 0 Å². The summed E-state index contributed by atoms with van der Waals surface area (Å²) in [6.07, 6.45) is -6.77. The maximum absolute atomic E-state index is 13.2. The van der Waals surface area contributed by atoms with Crippen LogP contribution < -0.4 is 9.47 Å². The van der Waals surface area contributed by atoms with Gasteiger partial charge in [0, 0.05) is 30.2 Å². The summed E-state index contributed by atoms with van der Waals surface area (Å²) < 4.78 is 94.1. The molecule has 1 unspecified atom stereocenters. The standard InChI is InChI=1S/C18H21NO3/c1-19-8-7-18-11-4-5-13(20)17(18)22-16-14(21-2)6-3-10(15(16)18)9-12(11)19/h3,6,11-12,17H,4-5,7-9H2,1-2H3/t11-,12+,17?,18-/m0/s1/i2D3,3D,5D2,6D,9D2,11D. The van der Waals surface area contributed by atoms with Gasteiger partial charge in [-0.1, -0.05) is 6.04 Å². The summed E-state index contributed by atoms with van der Waals surface area (Å²) in [5.74, 6) is -3.71. The summed E-state index contributed by atoms with van der Waals surface area (Å²) >= 11 is 0. The van der Waals surface area contributed by atoms with E-state index < -0.39 is 73.3 Å². The Morgan fingerprint density at radius 2 is 2.55 bits per heavy atom. The molecule has 2 aliphatic carbocycles. The average molecular weight is 309 g/mol. The van der Waals surface area contributed by atoms with Gasteiger partial charge in [0.1, 0.15) is 0 Å². The Kier molecular flexibility index (Phi) is 1.20. The molecule has 1 aromatic carbocycles. The van der Waals surface area contributed by atoms with Crippen LogP contribution in [-0.4, -0.2) is 43.5 Å². The number of likely N-dealkylation sites (N-methyl/N-ethyl adjacent to an activating group) is 1. The molecule has 1 aromatic rings. The lowest BCUT2D eigenvalue weighted by Crippen LogP contribution is -2.65. The van der Waals surface area contributed by atoms with Crippen LogP contribution in [0.1, 0.15) is 44.0 Å². The van der Waals surface area contributed by atoms with Crippen LogP contribution in [0.4, 0.5) is 0 Å². The van der Waals surface area contributed by atoms with Crippen LogP contribution in [-0.2, 0) is 16.6 Å². The highest BCUT2D eigenvalue weighted by Gasteiger charge is 2.65. The molecule has 0 aromatic heterocycles. The highest BCUT2D eigenvalue weighted by atomic mass is 16.5. The van der Waals surface area contributed by atoms with Crippen LogP contribution in [0.5, 0.6) is 11.5 Å². The Morgan fingerprint density at radius 1 is 1.64 bits per heavy atom. The quantitative estimate of drug-likeness (QED) is 0.795. The van der Waals surface area contributed by atoms with E-state index in [4.69, 9.17) is 21.8 Å². The fourth-order valence-electron chi connectivity index (χ4n) is 4.41. The molecule has 22 heavy (non-hydrogen) atoms. The number of Topliss-reactive ketones (excluding diaryl/α,β-unsaturated/α-hetero) is 1. The lowest BCUT2D eigenvalue weighted by molar-refractivity contribution is -0.138. The monoisotopic (exact) mass is 309 g/mol. The smallest absolute Gasteiger partial charge is 0.174 e. The van der Waals surface area contributed by atoms with Crippen LogP contribution in [0.15, 0.2) is 12.1 Å². The maximum atomic E-state index is 13.2. The first-order chi connectivity index (χ1) is 14.5. The second-order valence-electron chi connectivity index (χ2n) is 6.25. The number of methoxy groups -OCH3 is 1. The Balaban J connectivity index is 1.94. The van der Waals surface area contributed by atoms with E-state index >= 15 is 0 Å². The van der Waals surface area contributed by atoms with E-state index in [1.165, 1.54) is 0 Å². The third kappa shape index (κ3) is 1.27. The third-order valence-electron chi connectivity index (χ3n) is 5.39. The minimum Gasteiger partial charge on any atom is -0.493 e. The van der Waals surface area contributed by atoms with Gasteiger partial charge >= 0.3 is 0 Å². The summed E-state index contributed by atoms with van der Waals surface area (Å²) in [6.45, 7) is 0.283. The number of carbonyl (C=O) groups excluding carboxylic acids is 1. The van der Waals surface area contributed by atoms with Gasteiger partial charge in [0.25, 0.3) is 0 Å². The number of carbonyl (C=O) groups is 1. The first-order valence-corrected chi connectivity index (χ1v) is 7.29. The summed E-state index contributed by atoms with van der Waals surface area (Å²) in [6, 6.07) is -2.49. The Morgan fingerprint density at radius 3 is 3.41 bits per heavy atom. The number of likely N-dealkylation sites (tertiary alicyclic amines) is 1. The number of piperidine rings is 1. The Labute approximate surface area is 144 Å². The molecule has 2 heterocycles. The van der Waals surface area contributed by atoms with Gasteiger partial charge in [-0.3, -0.25) is 4.79 Å². The molecule has 2 aliphatic heterocycles. The molecular weight excluding hydrogens is 278 g/mol. The largest absolute Gasteiger partial charge is 0.493 e. The van der Waals surface area contributed by atoms with Gasteiger partial charge < -0.3 is 14.4 Å². The number of hydrogen-bond donors (Lipinski definition) is 0. The van der Waals surface area contributed by atoms with Gasteiger partial charge in [0.05, 0.1) is 13.9 Å². The second-order valence-corrected chi connectivity index (χ2v) is 6.25. The number of ether oxygens (including phenoxy) is 2.